The Bertz CT molecular complexity index is 526. The van der Waals surface area contributed by atoms with Gasteiger partial charge in [0.1, 0.15) is 11.2 Å². The van der Waals surface area contributed by atoms with E-state index in [1.54, 1.807) is 17.7 Å². The largest absolute Gasteiger partial charge is 0.240 e. The molecule has 0 radical (unpaired) electrons. The Kier molecular flexibility index (Phi) is 4.38. The topological polar surface area (TPSA) is 25.8 Å². The van der Waals surface area contributed by atoms with Crippen molar-refractivity contribution in [2.75, 3.05) is 0 Å². The van der Waals surface area contributed by atoms with Crippen molar-refractivity contribution < 1.29 is 0 Å². The normalized spacial score (nSPS) is 15.2. The van der Waals surface area contributed by atoms with Gasteiger partial charge in [0.25, 0.3) is 0 Å². The smallest absolute Gasteiger partial charge is 0.127 e. The lowest BCUT2D eigenvalue weighted by Gasteiger charge is -2.23. The Hall–Kier alpha value is -0.480. The quantitative estimate of drug-likeness (QED) is 0.756. The highest BCUT2D eigenvalue weighted by molar-refractivity contribution is 9.09. The summed E-state index contributed by atoms with van der Waals surface area (Å²) in [7, 11) is 0. The molecule has 0 N–H and O–H groups in total. The first kappa shape index (κ1) is 13.9. The predicted octanol–water partition coefficient (Wildman–Crippen LogP) is 4.78. The van der Waals surface area contributed by atoms with Crippen LogP contribution in [0.15, 0.2) is 12.4 Å². The van der Waals surface area contributed by atoms with E-state index in [1.165, 1.54) is 16.0 Å². The highest BCUT2D eigenvalue weighted by atomic mass is 79.9. The second-order valence-corrected chi connectivity index (χ2v) is 7.55. The van der Waals surface area contributed by atoms with Crippen LogP contribution in [0.4, 0.5) is 0 Å². The van der Waals surface area contributed by atoms with E-state index in [4.69, 9.17) is 0 Å². The molecule has 0 aliphatic carbocycles. The fourth-order valence-electron chi connectivity index (χ4n) is 2.43. The molecule has 2 rings (SSSR count). The number of hydrogen-bond donors (Lipinski definition) is 0. The molecule has 0 fully saturated rings. The van der Waals surface area contributed by atoms with Crippen LogP contribution in [0.2, 0.25) is 0 Å². The lowest BCUT2D eigenvalue weighted by molar-refractivity contribution is 0.491. The van der Waals surface area contributed by atoms with Crippen LogP contribution in [0.5, 0.6) is 0 Å². The molecular formula is C14H19BrN2S. The number of rotatable bonds is 4. The summed E-state index contributed by atoms with van der Waals surface area (Å²) in [5, 5.41) is 1.24. The van der Waals surface area contributed by atoms with Crippen molar-refractivity contribution in [1.29, 1.82) is 0 Å². The molecule has 2 heterocycles. The summed E-state index contributed by atoms with van der Waals surface area (Å²) in [6.45, 7) is 8.89. The summed E-state index contributed by atoms with van der Waals surface area (Å²) in [6.07, 6.45) is 2.77. The Balaban J connectivity index is 2.58. The lowest BCUT2D eigenvalue weighted by atomic mass is 9.88. The second-order valence-electron chi connectivity index (χ2n) is 4.99. The van der Waals surface area contributed by atoms with Crippen LogP contribution >= 0.6 is 27.3 Å². The van der Waals surface area contributed by atoms with Crippen LogP contribution in [0.25, 0.3) is 10.2 Å². The van der Waals surface area contributed by atoms with Gasteiger partial charge in [-0.25, -0.2) is 9.97 Å². The van der Waals surface area contributed by atoms with Gasteiger partial charge in [-0.15, -0.1) is 11.3 Å². The maximum Gasteiger partial charge on any atom is 0.127 e. The molecule has 18 heavy (non-hydrogen) atoms. The number of fused-ring (bicyclic) bond motifs is 1. The Morgan fingerprint density at radius 1 is 1.28 bits per heavy atom. The molecule has 0 amide bonds. The summed E-state index contributed by atoms with van der Waals surface area (Å²) >= 11 is 5.52. The van der Waals surface area contributed by atoms with Gasteiger partial charge < -0.3 is 0 Å². The van der Waals surface area contributed by atoms with Crippen LogP contribution in [-0.4, -0.2) is 14.8 Å². The molecule has 2 unspecified atom stereocenters. The molecule has 0 aliphatic heterocycles. The molecule has 2 nitrogen and oxygen atoms in total. The summed E-state index contributed by atoms with van der Waals surface area (Å²) < 4.78 is 0. The minimum atomic E-state index is 0.417. The molecule has 2 aromatic heterocycles. The van der Waals surface area contributed by atoms with Gasteiger partial charge in [-0.1, -0.05) is 43.6 Å². The zero-order valence-corrected chi connectivity index (χ0v) is 13.7. The van der Waals surface area contributed by atoms with Gasteiger partial charge in [0.15, 0.2) is 0 Å². The van der Waals surface area contributed by atoms with E-state index in [1.807, 2.05) is 0 Å². The number of thiophene rings is 1. The predicted molar refractivity (Wildman–Crippen MR) is 82.8 cm³/mol. The van der Waals surface area contributed by atoms with Gasteiger partial charge in [-0.3, -0.25) is 0 Å². The van der Waals surface area contributed by atoms with Gasteiger partial charge in [0.2, 0.25) is 0 Å². The molecule has 0 aromatic carbocycles. The van der Waals surface area contributed by atoms with Crippen LogP contribution in [-0.2, 0) is 6.42 Å². The molecule has 0 saturated carbocycles. The SMILES string of the molecule is CCc1cc2c(C(C(C)C)C(C)Br)ncnc2s1. The molecule has 4 heteroatoms. The van der Waals surface area contributed by atoms with Gasteiger partial charge in [-0.2, -0.15) is 0 Å². The number of halogens is 1. The van der Waals surface area contributed by atoms with Crippen molar-refractivity contribution in [3.05, 3.63) is 23.0 Å². The molecular weight excluding hydrogens is 308 g/mol. The maximum atomic E-state index is 4.56. The van der Waals surface area contributed by atoms with Crippen LogP contribution in [0, 0.1) is 5.92 Å². The molecule has 0 bridgehead atoms. The first-order valence-electron chi connectivity index (χ1n) is 6.42. The molecule has 2 atom stereocenters. The highest BCUT2D eigenvalue weighted by Crippen LogP contribution is 2.36. The first-order chi connectivity index (χ1) is 8.54. The van der Waals surface area contributed by atoms with Crippen LogP contribution < -0.4 is 0 Å². The third-order valence-corrected chi connectivity index (χ3v) is 5.05. The summed E-state index contributed by atoms with van der Waals surface area (Å²) in [6, 6.07) is 2.26. The number of aromatic nitrogens is 2. The van der Waals surface area contributed by atoms with Crippen molar-refractivity contribution in [2.24, 2.45) is 5.92 Å². The van der Waals surface area contributed by atoms with Gasteiger partial charge in [0.05, 0.1) is 5.69 Å². The number of nitrogens with zero attached hydrogens (tertiary/aromatic N) is 2. The van der Waals surface area contributed by atoms with E-state index in [0.29, 0.717) is 16.7 Å². The second kappa shape index (κ2) is 5.66. The third kappa shape index (κ3) is 2.59. The molecule has 0 saturated heterocycles. The highest BCUT2D eigenvalue weighted by Gasteiger charge is 2.25. The fourth-order valence-corrected chi connectivity index (χ4v) is 4.23. The van der Waals surface area contributed by atoms with E-state index in [2.05, 4.69) is 59.7 Å². The monoisotopic (exact) mass is 326 g/mol. The van der Waals surface area contributed by atoms with Crippen molar-refractivity contribution in [1.82, 2.24) is 9.97 Å². The van der Waals surface area contributed by atoms with E-state index in [9.17, 15) is 0 Å². The minimum Gasteiger partial charge on any atom is -0.240 e. The summed E-state index contributed by atoms with van der Waals surface area (Å²) in [5.41, 5.74) is 1.19. The Morgan fingerprint density at radius 2 is 2.00 bits per heavy atom. The van der Waals surface area contributed by atoms with Gasteiger partial charge in [0, 0.05) is 21.0 Å². The van der Waals surface area contributed by atoms with E-state index in [0.717, 1.165) is 11.3 Å². The van der Waals surface area contributed by atoms with Crippen LogP contribution in [0.1, 0.15) is 44.2 Å². The number of hydrogen-bond acceptors (Lipinski definition) is 3. The average Bonchev–Trinajstić information content (AvgIpc) is 2.72. The van der Waals surface area contributed by atoms with Crippen molar-refractivity contribution in [3.63, 3.8) is 0 Å². The van der Waals surface area contributed by atoms with Crippen molar-refractivity contribution >= 4 is 37.5 Å². The Labute approximate surface area is 121 Å². The molecule has 0 aliphatic rings. The zero-order valence-electron chi connectivity index (χ0n) is 11.3. The lowest BCUT2D eigenvalue weighted by Crippen LogP contribution is -2.17. The van der Waals surface area contributed by atoms with Crippen LogP contribution in [0.3, 0.4) is 0 Å². The minimum absolute atomic E-state index is 0.417. The van der Waals surface area contributed by atoms with Crippen molar-refractivity contribution in [3.8, 4) is 0 Å². The van der Waals surface area contributed by atoms with E-state index >= 15 is 0 Å². The number of alkyl halides is 1. The van der Waals surface area contributed by atoms with E-state index < -0.39 is 0 Å². The number of aryl methyl sites for hydroxylation is 1. The molecule has 2 aromatic rings. The van der Waals surface area contributed by atoms with Crippen molar-refractivity contribution in [2.45, 2.75) is 44.9 Å². The van der Waals surface area contributed by atoms with E-state index in [-0.39, 0.29) is 0 Å². The zero-order chi connectivity index (χ0) is 13.3. The fraction of sp³-hybridized carbons (Fsp3) is 0.571. The Morgan fingerprint density at radius 3 is 2.56 bits per heavy atom. The van der Waals surface area contributed by atoms with Gasteiger partial charge >= 0.3 is 0 Å². The maximum absolute atomic E-state index is 4.56. The summed E-state index contributed by atoms with van der Waals surface area (Å²) in [5.74, 6) is 0.984. The molecule has 98 valence electrons. The standard InChI is InChI=1S/C14H19BrN2S/c1-5-10-6-11-13(12(8(2)3)9(4)15)16-7-17-14(11)18-10/h6-9,12H,5H2,1-4H3. The third-order valence-electron chi connectivity index (χ3n) is 3.29. The van der Waals surface area contributed by atoms with Gasteiger partial charge in [-0.05, 0) is 18.4 Å². The summed E-state index contributed by atoms with van der Waals surface area (Å²) in [4.78, 5) is 11.9. The molecule has 0 spiro atoms. The average molecular weight is 327 g/mol. The first-order valence-corrected chi connectivity index (χ1v) is 8.15.